The normalized spacial score (nSPS) is 21.7. The second-order valence-corrected chi connectivity index (χ2v) is 8.25. The van der Waals surface area contributed by atoms with Crippen LogP contribution in [0.2, 0.25) is 0 Å². The van der Waals surface area contributed by atoms with Crippen molar-refractivity contribution in [1.29, 1.82) is 0 Å². The maximum absolute atomic E-state index is 14.6. The Labute approximate surface area is 185 Å². The predicted octanol–water partition coefficient (Wildman–Crippen LogP) is 3.11. The molecule has 168 valence electrons. The van der Waals surface area contributed by atoms with Crippen LogP contribution in [0.5, 0.6) is 5.75 Å². The third-order valence-electron chi connectivity index (χ3n) is 5.99. The summed E-state index contributed by atoms with van der Waals surface area (Å²) >= 11 is 0. The van der Waals surface area contributed by atoms with E-state index in [9.17, 15) is 4.39 Å². The van der Waals surface area contributed by atoms with E-state index in [0.29, 0.717) is 28.7 Å². The van der Waals surface area contributed by atoms with Crippen LogP contribution in [0.15, 0.2) is 53.9 Å². The molecular weight excluding hydrogens is 393 g/mol. The number of rotatable bonds is 6. The molecule has 0 aromatic heterocycles. The number of benzene rings is 1. The molecule has 0 amide bonds. The molecule has 31 heavy (non-hydrogen) atoms. The second-order valence-electron chi connectivity index (χ2n) is 8.25. The number of allylic oxidation sites excluding steroid dienone is 2. The van der Waals surface area contributed by atoms with Gasteiger partial charge in [-0.1, -0.05) is 12.7 Å². The summed E-state index contributed by atoms with van der Waals surface area (Å²) in [5, 5.41) is 0. The van der Waals surface area contributed by atoms with E-state index in [-0.39, 0.29) is 5.82 Å². The van der Waals surface area contributed by atoms with Crippen LogP contribution < -0.4 is 4.74 Å². The summed E-state index contributed by atoms with van der Waals surface area (Å²) in [6.07, 6.45) is 5.59. The van der Waals surface area contributed by atoms with E-state index in [0.717, 1.165) is 38.6 Å². The third-order valence-corrected chi connectivity index (χ3v) is 5.99. The fourth-order valence-corrected chi connectivity index (χ4v) is 4.00. The standard InChI is InChI=1S/C24H34FN5O/c1-7-20(21-16-19(31-6)8-9-22(21)25)24-26-23(10-11-29(24)5)28(4)13-15-30-14-12-27(3)17-18(30)2/h7-11,16,18H,1,12-15,17H2,2-6H3/b24-20+/t18-/m1/s1. The number of aliphatic imine (C=N–C) groups is 1. The molecule has 1 aromatic carbocycles. The number of amidine groups is 1. The van der Waals surface area contributed by atoms with Gasteiger partial charge in [0.1, 0.15) is 23.2 Å². The van der Waals surface area contributed by atoms with Crippen LogP contribution in [0, 0.1) is 5.82 Å². The minimum absolute atomic E-state index is 0.333. The van der Waals surface area contributed by atoms with Gasteiger partial charge in [0.2, 0.25) is 0 Å². The highest BCUT2D eigenvalue weighted by Crippen LogP contribution is 2.30. The second kappa shape index (κ2) is 10.1. The van der Waals surface area contributed by atoms with E-state index in [1.807, 2.05) is 31.3 Å². The van der Waals surface area contributed by atoms with Gasteiger partial charge in [0.15, 0.2) is 0 Å². The van der Waals surface area contributed by atoms with Crippen molar-refractivity contribution in [2.45, 2.75) is 13.0 Å². The summed E-state index contributed by atoms with van der Waals surface area (Å²) in [7, 11) is 7.69. The highest BCUT2D eigenvalue weighted by atomic mass is 19.1. The zero-order valence-electron chi connectivity index (χ0n) is 19.3. The van der Waals surface area contributed by atoms with Crippen LogP contribution in [-0.4, -0.2) is 92.5 Å². The van der Waals surface area contributed by atoms with E-state index in [1.54, 1.807) is 25.3 Å². The number of hydrogen-bond donors (Lipinski definition) is 0. The molecule has 2 heterocycles. The molecule has 0 saturated carbocycles. The first-order valence-electron chi connectivity index (χ1n) is 10.7. The molecule has 0 unspecified atom stereocenters. The smallest absolute Gasteiger partial charge is 0.142 e. The van der Waals surface area contributed by atoms with Crippen LogP contribution >= 0.6 is 0 Å². The van der Waals surface area contributed by atoms with Crippen LogP contribution in [-0.2, 0) is 0 Å². The molecule has 1 saturated heterocycles. The van der Waals surface area contributed by atoms with E-state index in [2.05, 4.69) is 35.3 Å². The highest BCUT2D eigenvalue weighted by Gasteiger charge is 2.22. The lowest BCUT2D eigenvalue weighted by atomic mass is 10.0. The first-order chi connectivity index (χ1) is 14.8. The van der Waals surface area contributed by atoms with Gasteiger partial charge in [-0.05, 0) is 38.2 Å². The largest absolute Gasteiger partial charge is 0.497 e. The summed E-state index contributed by atoms with van der Waals surface area (Å²) in [4.78, 5) is 13.8. The molecule has 0 bridgehead atoms. The third kappa shape index (κ3) is 5.35. The maximum Gasteiger partial charge on any atom is 0.142 e. The monoisotopic (exact) mass is 427 g/mol. The van der Waals surface area contributed by atoms with Crippen LogP contribution in [0.4, 0.5) is 4.39 Å². The maximum atomic E-state index is 14.6. The number of piperazine rings is 1. The molecule has 2 aliphatic heterocycles. The summed E-state index contributed by atoms with van der Waals surface area (Å²) < 4.78 is 19.9. The van der Waals surface area contributed by atoms with E-state index in [4.69, 9.17) is 9.73 Å². The minimum atomic E-state index is -0.333. The average Bonchev–Trinajstić information content (AvgIpc) is 2.75. The lowest BCUT2D eigenvalue weighted by Gasteiger charge is -2.39. The van der Waals surface area contributed by atoms with Gasteiger partial charge in [-0.3, -0.25) is 4.90 Å². The first kappa shape index (κ1) is 23.0. The molecule has 6 nitrogen and oxygen atoms in total. The van der Waals surface area contributed by atoms with E-state index >= 15 is 0 Å². The number of methoxy groups -OCH3 is 1. The van der Waals surface area contributed by atoms with Crippen molar-refractivity contribution in [2.24, 2.45) is 4.99 Å². The Morgan fingerprint density at radius 3 is 2.81 bits per heavy atom. The van der Waals surface area contributed by atoms with Crippen molar-refractivity contribution in [1.82, 2.24) is 19.6 Å². The lowest BCUT2D eigenvalue weighted by molar-refractivity contribution is 0.0965. The molecule has 2 aliphatic rings. The molecule has 1 aromatic rings. The fourth-order valence-electron chi connectivity index (χ4n) is 4.00. The topological polar surface area (TPSA) is 34.5 Å². The number of hydrogen-bond acceptors (Lipinski definition) is 6. The van der Waals surface area contributed by atoms with Crippen molar-refractivity contribution in [3.8, 4) is 5.75 Å². The molecule has 0 radical (unpaired) electrons. The van der Waals surface area contributed by atoms with Gasteiger partial charge in [-0.15, -0.1) is 0 Å². The summed E-state index contributed by atoms with van der Waals surface area (Å²) in [5.41, 5.74) is 1.05. The Morgan fingerprint density at radius 1 is 1.35 bits per heavy atom. The summed E-state index contributed by atoms with van der Waals surface area (Å²) in [5.74, 6) is 1.75. The van der Waals surface area contributed by atoms with Crippen molar-refractivity contribution in [3.63, 3.8) is 0 Å². The quantitative estimate of drug-likeness (QED) is 0.697. The zero-order chi connectivity index (χ0) is 22.5. The SMILES string of the molecule is C=C/C(=C1/N=C(N(C)CCN2CCN(C)C[C@H]2C)C=CN1C)c1cc(OC)ccc1F. The fraction of sp³-hybridized carbons (Fsp3) is 0.458. The molecule has 0 N–H and O–H groups in total. The molecule has 7 heteroatoms. The Hall–Kier alpha value is -2.64. The van der Waals surface area contributed by atoms with Gasteiger partial charge in [0.05, 0.1) is 7.11 Å². The molecule has 3 rings (SSSR count). The Kier molecular flexibility index (Phi) is 7.51. The van der Waals surface area contributed by atoms with Crippen molar-refractivity contribution < 1.29 is 9.13 Å². The molecule has 0 aliphatic carbocycles. The molecule has 1 atom stereocenters. The van der Waals surface area contributed by atoms with E-state index in [1.165, 1.54) is 6.07 Å². The Bertz CT molecular complexity index is 894. The molecular formula is C24H34FN5O. The van der Waals surface area contributed by atoms with Crippen molar-refractivity contribution in [2.75, 3.05) is 61.0 Å². The number of nitrogens with zero attached hydrogens (tertiary/aromatic N) is 5. The number of halogens is 1. The average molecular weight is 428 g/mol. The Morgan fingerprint density at radius 2 is 2.13 bits per heavy atom. The summed E-state index contributed by atoms with van der Waals surface area (Å²) in [6.45, 7) is 11.3. The van der Waals surface area contributed by atoms with Gasteiger partial charge in [-0.2, -0.15) is 0 Å². The molecule has 1 fully saturated rings. The van der Waals surface area contributed by atoms with Gasteiger partial charge in [0.25, 0.3) is 0 Å². The highest BCUT2D eigenvalue weighted by molar-refractivity contribution is 5.95. The van der Waals surface area contributed by atoms with Gasteiger partial charge in [0, 0.05) is 70.2 Å². The minimum Gasteiger partial charge on any atom is -0.497 e. The van der Waals surface area contributed by atoms with Gasteiger partial charge < -0.3 is 19.4 Å². The number of ether oxygens (including phenoxy) is 1. The zero-order valence-corrected chi connectivity index (χ0v) is 19.3. The van der Waals surface area contributed by atoms with E-state index < -0.39 is 0 Å². The lowest BCUT2D eigenvalue weighted by Crippen LogP contribution is -2.52. The number of likely N-dealkylation sites (N-methyl/N-ethyl adjacent to an activating group) is 2. The van der Waals surface area contributed by atoms with Crippen LogP contribution in [0.3, 0.4) is 0 Å². The molecule has 0 spiro atoms. The summed E-state index contributed by atoms with van der Waals surface area (Å²) in [6, 6.07) is 5.24. The first-order valence-corrected chi connectivity index (χ1v) is 10.7. The van der Waals surface area contributed by atoms with Crippen molar-refractivity contribution >= 4 is 11.4 Å². The predicted molar refractivity (Wildman–Crippen MR) is 126 cm³/mol. The van der Waals surface area contributed by atoms with Gasteiger partial charge in [-0.25, -0.2) is 9.38 Å². The Balaban J connectivity index is 1.82. The van der Waals surface area contributed by atoms with Crippen molar-refractivity contribution in [3.05, 3.63) is 60.3 Å². The van der Waals surface area contributed by atoms with Crippen LogP contribution in [0.1, 0.15) is 12.5 Å². The van der Waals surface area contributed by atoms with Gasteiger partial charge >= 0.3 is 0 Å². The van der Waals surface area contributed by atoms with Crippen LogP contribution in [0.25, 0.3) is 5.57 Å².